The normalized spacial score (nSPS) is 14.2. The maximum absolute atomic E-state index is 13.1. The van der Waals surface area contributed by atoms with Crippen LogP contribution in [0.3, 0.4) is 0 Å². The van der Waals surface area contributed by atoms with E-state index in [1.165, 1.54) is 231 Å². The second-order valence-electron chi connectivity index (χ2n) is 30.4. The van der Waals surface area contributed by atoms with E-state index in [9.17, 15) is 43.2 Å². The third kappa shape index (κ3) is 73.0. The number of hydrogen-bond acceptors (Lipinski definition) is 15. The molecule has 0 aromatic rings. The quantitative estimate of drug-likeness (QED) is 0.0222. The van der Waals surface area contributed by atoms with Crippen LogP contribution in [-0.4, -0.2) is 96.7 Å². The zero-order valence-corrected chi connectivity index (χ0v) is 67.5. The predicted molar refractivity (Wildman–Crippen MR) is 409 cm³/mol. The average molecular weight is 1470 g/mol. The first-order valence-electron chi connectivity index (χ1n) is 41.9. The van der Waals surface area contributed by atoms with E-state index >= 15 is 0 Å². The van der Waals surface area contributed by atoms with Gasteiger partial charge in [0, 0.05) is 25.7 Å². The average Bonchev–Trinajstić information content (AvgIpc) is 1.02. The number of unbranched alkanes of at least 4 members (excludes halogenated alkanes) is 46. The maximum atomic E-state index is 13.1. The molecule has 0 aromatic carbocycles. The SMILES string of the molecule is CCCCCCCCCCCCCCCCCCCCCCCC(=O)O[C@H](COC(=O)CCCCCCCCCCCCCC(C)C)COP(=O)(O)OC[C@@H](O)COP(=O)(O)OC[C@@H](COC(=O)CCCCCCCCCCC(C)CC)OC(=O)CCCCCCCCCCCCC(C)C. The van der Waals surface area contributed by atoms with Crippen LogP contribution >= 0.6 is 15.6 Å². The largest absolute Gasteiger partial charge is 0.472 e. The van der Waals surface area contributed by atoms with Crippen LogP contribution in [-0.2, 0) is 65.4 Å². The Hall–Kier alpha value is -1.94. The predicted octanol–water partition coefficient (Wildman–Crippen LogP) is 24.1. The van der Waals surface area contributed by atoms with Crippen molar-refractivity contribution in [2.45, 2.75) is 439 Å². The van der Waals surface area contributed by atoms with Gasteiger partial charge >= 0.3 is 39.5 Å². The van der Waals surface area contributed by atoms with E-state index in [2.05, 4.69) is 48.5 Å². The van der Waals surface area contributed by atoms with Crippen molar-refractivity contribution in [1.82, 2.24) is 0 Å². The number of ether oxygens (including phenoxy) is 4. The number of aliphatic hydroxyl groups excluding tert-OH is 1. The second-order valence-corrected chi connectivity index (χ2v) is 33.3. The third-order valence-electron chi connectivity index (χ3n) is 19.2. The number of phosphoric acid groups is 2. The van der Waals surface area contributed by atoms with Crippen molar-refractivity contribution in [2.24, 2.45) is 17.8 Å². The zero-order chi connectivity index (χ0) is 73.7. The summed E-state index contributed by atoms with van der Waals surface area (Å²) in [6.45, 7) is 11.9. The monoisotopic (exact) mass is 1470 g/mol. The van der Waals surface area contributed by atoms with E-state index in [1.54, 1.807) is 0 Å². The fraction of sp³-hybridized carbons (Fsp3) is 0.951. The Morgan fingerprint density at radius 3 is 0.760 bits per heavy atom. The Morgan fingerprint density at radius 2 is 0.510 bits per heavy atom. The number of carbonyl (C=O) groups is 4. The highest BCUT2D eigenvalue weighted by Crippen LogP contribution is 2.45. The Bertz CT molecular complexity index is 1940. The fourth-order valence-electron chi connectivity index (χ4n) is 12.5. The van der Waals surface area contributed by atoms with E-state index in [0.717, 1.165) is 108 Å². The van der Waals surface area contributed by atoms with E-state index in [-0.39, 0.29) is 25.7 Å². The molecule has 0 radical (unpaired) electrons. The summed E-state index contributed by atoms with van der Waals surface area (Å²) in [5.74, 6) is 0.188. The molecule has 0 bridgehead atoms. The molecule has 594 valence electrons. The van der Waals surface area contributed by atoms with E-state index < -0.39 is 97.5 Å². The molecule has 0 heterocycles. The molecule has 0 saturated carbocycles. The molecule has 0 saturated heterocycles. The van der Waals surface area contributed by atoms with Gasteiger partial charge in [-0.25, -0.2) is 9.13 Å². The molecule has 0 rings (SSSR count). The Balaban J connectivity index is 5.24. The van der Waals surface area contributed by atoms with Crippen molar-refractivity contribution in [3.63, 3.8) is 0 Å². The molecule has 100 heavy (non-hydrogen) atoms. The van der Waals surface area contributed by atoms with Gasteiger partial charge in [-0.1, -0.05) is 370 Å². The van der Waals surface area contributed by atoms with Crippen LogP contribution in [0.25, 0.3) is 0 Å². The molecular weight excluding hydrogens is 1310 g/mol. The molecular formula is C81H158O17P2. The van der Waals surface area contributed by atoms with Crippen molar-refractivity contribution >= 4 is 39.5 Å². The Morgan fingerprint density at radius 1 is 0.290 bits per heavy atom. The molecule has 0 spiro atoms. The summed E-state index contributed by atoms with van der Waals surface area (Å²) in [4.78, 5) is 73.0. The number of hydrogen-bond donors (Lipinski definition) is 3. The van der Waals surface area contributed by atoms with Crippen molar-refractivity contribution in [2.75, 3.05) is 39.6 Å². The number of aliphatic hydroxyl groups is 1. The molecule has 0 amide bonds. The summed E-state index contributed by atoms with van der Waals surface area (Å²) in [5.41, 5.74) is 0. The van der Waals surface area contributed by atoms with E-state index in [0.29, 0.717) is 25.7 Å². The summed E-state index contributed by atoms with van der Waals surface area (Å²) in [7, 11) is -9.92. The topological polar surface area (TPSA) is 237 Å². The summed E-state index contributed by atoms with van der Waals surface area (Å²) >= 11 is 0. The van der Waals surface area contributed by atoms with Gasteiger partial charge in [0.1, 0.15) is 19.3 Å². The first-order valence-corrected chi connectivity index (χ1v) is 44.9. The number of esters is 4. The minimum absolute atomic E-state index is 0.105. The molecule has 17 nitrogen and oxygen atoms in total. The summed E-state index contributed by atoms with van der Waals surface area (Å²) in [6.07, 6.45) is 59.7. The van der Waals surface area contributed by atoms with Crippen LogP contribution in [0.4, 0.5) is 0 Å². The van der Waals surface area contributed by atoms with E-state index in [1.807, 2.05) is 0 Å². The lowest BCUT2D eigenvalue weighted by atomic mass is 9.99. The molecule has 0 aliphatic heterocycles. The summed E-state index contributed by atoms with van der Waals surface area (Å²) in [6, 6.07) is 0. The highest BCUT2D eigenvalue weighted by atomic mass is 31.2. The van der Waals surface area contributed by atoms with Crippen LogP contribution in [0.5, 0.6) is 0 Å². The fourth-order valence-corrected chi connectivity index (χ4v) is 14.0. The molecule has 0 aromatic heterocycles. The van der Waals surface area contributed by atoms with Gasteiger partial charge in [0.2, 0.25) is 0 Å². The van der Waals surface area contributed by atoms with Crippen LogP contribution in [0.2, 0.25) is 0 Å². The molecule has 0 fully saturated rings. The van der Waals surface area contributed by atoms with Gasteiger partial charge in [-0.3, -0.25) is 37.3 Å². The number of rotatable bonds is 79. The summed E-state index contributed by atoms with van der Waals surface area (Å²) < 4.78 is 68.7. The standard InChI is InChI=1S/C81H158O17P2/c1-8-10-11-12-13-14-15-16-17-18-19-20-21-22-23-24-27-34-43-50-57-64-80(85)97-76(68-91-78(83)62-55-48-41-33-28-25-26-31-38-45-52-59-72(3)4)70-95-99(87,88)93-66-75(82)67-94-100(89,90)96-71-77(69-92-79(84)63-56-49-42-37-36-40-47-54-61-74(7)9-2)98-81(86)65-58-51-44-35-30-29-32-39-46-53-60-73(5)6/h72-77,82H,8-71H2,1-7H3,(H,87,88)(H,89,90)/t74?,75-,76-,77-/m1/s1. The highest BCUT2D eigenvalue weighted by Gasteiger charge is 2.30. The maximum Gasteiger partial charge on any atom is 0.472 e. The zero-order valence-electron chi connectivity index (χ0n) is 65.7. The first kappa shape index (κ1) is 98.1. The molecule has 3 unspecified atom stereocenters. The lowest BCUT2D eigenvalue weighted by Gasteiger charge is -2.21. The third-order valence-corrected chi connectivity index (χ3v) is 21.1. The Kier molecular flexibility index (Phi) is 69.9. The highest BCUT2D eigenvalue weighted by molar-refractivity contribution is 7.47. The molecule has 3 N–H and O–H groups in total. The first-order chi connectivity index (χ1) is 48.3. The van der Waals surface area contributed by atoms with Gasteiger partial charge in [0.25, 0.3) is 0 Å². The van der Waals surface area contributed by atoms with Crippen molar-refractivity contribution < 1.29 is 80.2 Å². The Labute approximate surface area is 613 Å². The second kappa shape index (κ2) is 71.3. The molecule has 19 heteroatoms. The van der Waals surface area contributed by atoms with Crippen LogP contribution in [0, 0.1) is 17.8 Å². The smallest absolute Gasteiger partial charge is 0.462 e. The van der Waals surface area contributed by atoms with E-state index in [4.69, 9.17) is 37.0 Å². The molecule has 0 aliphatic carbocycles. The van der Waals surface area contributed by atoms with Crippen LogP contribution in [0.15, 0.2) is 0 Å². The van der Waals surface area contributed by atoms with Gasteiger partial charge in [0.05, 0.1) is 26.4 Å². The summed E-state index contributed by atoms with van der Waals surface area (Å²) in [5, 5.41) is 10.6. The van der Waals surface area contributed by atoms with Gasteiger partial charge < -0.3 is 33.8 Å². The number of phosphoric ester groups is 2. The van der Waals surface area contributed by atoms with Gasteiger partial charge in [0.15, 0.2) is 12.2 Å². The lowest BCUT2D eigenvalue weighted by Crippen LogP contribution is -2.30. The van der Waals surface area contributed by atoms with Gasteiger partial charge in [-0.15, -0.1) is 0 Å². The molecule has 6 atom stereocenters. The van der Waals surface area contributed by atoms with Crippen molar-refractivity contribution in [1.29, 1.82) is 0 Å². The number of carbonyl (C=O) groups excluding carboxylic acids is 4. The van der Waals surface area contributed by atoms with Gasteiger partial charge in [-0.05, 0) is 43.4 Å². The minimum Gasteiger partial charge on any atom is -0.462 e. The molecule has 0 aliphatic rings. The minimum atomic E-state index is -4.96. The van der Waals surface area contributed by atoms with Crippen LogP contribution in [0.1, 0.15) is 421 Å². The van der Waals surface area contributed by atoms with Gasteiger partial charge in [-0.2, -0.15) is 0 Å². The van der Waals surface area contributed by atoms with Crippen molar-refractivity contribution in [3.05, 3.63) is 0 Å². The lowest BCUT2D eigenvalue weighted by molar-refractivity contribution is -0.161. The van der Waals surface area contributed by atoms with Crippen molar-refractivity contribution in [3.8, 4) is 0 Å². The van der Waals surface area contributed by atoms with Crippen LogP contribution < -0.4 is 0 Å².